The second kappa shape index (κ2) is 19.3. The summed E-state index contributed by atoms with van der Waals surface area (Å²) in [5.74, 6) is 0. The van der Waals surface area contributed by atoms with Crippen LogP contribution >= 0.6 is 0 Å². The Kier molecular flexibility index (Phi) is 11.1. The molecule has 0 radical (unpaired) electrons. The number of hydrogen-bond donors (Lipinski definition) is 0. The van der Waals surface area contributed by atoms with Gasteiger partial charge in [-0.3, -0.25) is 0 Å². The van der Waals surface area contributed by atoms with Crippen molar-refractivity contribution in [3.8, 4) is 66.8 Å². The van der Waals surface area contributed by atoms with Crippen molar-refractivity contribution >= 4 is 56.1 Å². The van der Waals surface area contributed by atoms with E-state index in [1.807, 2.05) is 0 Å². The standard InChI is InChI=1S/C79H52N2O/c1-5-19-53(20-6-1)57-35-39-61(40-36-57)80(63-29-17-27-59(49-63)55-23-9-3-10-24-55)65-43-45-67-68-46-44-66(81(62-41-37-58(38-42-62)54-21-7-2-8-22-54)64-30-18-28-60(50-64)56-25-11-4-12-26-56)52-75(68)79(74(67)51-65)72-33-15-13-32-71(72)77-73(79)48-47-70-69-31-14-16-34-76(69)82-78(70)77/h1-52H. The van der Waals surface area contributed by atoms with E-state index in [-0.39, 0.29) is 0 Å². The van der Waals surface area contributed by atoms with Gasteiger partial charge in [0.25, 0.3) is 0 Å². The number of furan rings is 1. The van der Waals surface area contributed by atoms with E-state index in [0.29, 0.717) is 0 Å². The fraction of sp³-hybridized carbons (Fsp3) is 0.0127. The van der Waals surface area contributed by atoms with Gasteiger partial charge in [0, 0.05) is 50.5 Å². The van der Waals surface area contributed by atoms with Crippen molar-refractivity contribution in [2.75, 3.05) is 9.80 Å². The van der Waals surface area contributed by atoms with E-state index < -0.39 is 5.41 Å². The SMILES string of the molecule is c1ccc(-c2ccc(N(c3cccc(-c4ccccc4)c3)c3ccc4c(c3)C3(c5cc(N(c6ccc(-c7ccccc7)cc6)c6cccc(-c7ccccc7)c6)ccc5-4)c4ccccc4-c4c3ccc3c4oc4ccccc43)cc2)cc1. The maximum Gasteiger partial charge on any atom is 0.143 e. The van der Waals surface area contributed by atoms with Crippen LogP contribution in [0.5, 0.6) is 0 Å². The van der Waals surface area contributed by atoms with Gasteiger partial charge in [0.1, 0.15) is 11.2 Å². The first-order valence-corrected chi connectivity index (χ1v) is 28.2. The van der Waals surface area contributed by atoms with Crippen LogP contribution in [0.4, 0.5) is 34.1 Å². The fourth-order valence-electron chi connectivity index (χ4n) is 13.4. The first kappa shape index (κ1) is 47.3. The minimum atomic E-state index is -0.751. The molecule has 13 aromatic carbocycles. The van der Waals surface area contributed by atoms with Crippen molar-refractivity contribution in [3.63, 3.8) is 0 Å². The van der Waals surface area contributed by atoms with Gasteiger partial charge in [-0.15, -0.1) is 0 Å². The average molecular weight is 1050 g/mol. The Labute approximate surface area is 477 Å². The number of rotatable bonds is 10. The lowest BCUT2D eigenvalue weighted by atomic mass is 9.70. The third-order valence-electron chi connectivity index (χ3n) is 17.1. The quantitative estimate of drug-likeness (QED) is 0.136. The zero-order chi connectivity index (χ0) is 54.1. The monoisotopic (exact) mass is 1040 g/mol. The average Bonchev–Trinajstić information content (AvgIpc) is 2.58. The number of para-hydroxylation sites is 1. The Bertz CT molecular complexity index is 4500. The number of anilines is 6. The Hall–Kier alpha value is -10.7. The predicted molar refractivity (Wildman–Crippen MR) is 341 cm³/mol. The predicted octanol–water partition coefficient (Wildman–Crippen LogP) is 21.5. The van der Waals surface area contributed by atoms with Gasteiger partial charge in [0.2, 0.25) is 0 Å². The van der Waals surface area contributed by atoms with E-state index in [1.54, 1.807) is 0 Å². The summed E-state index contributed by atoms with van der Waals surface area (Å²) in [5, 5.41) is 2.24. The summed E-state index contributed by atoms with van der Waals surface area (Å²) in [5.41, 5.74) is 26.5. The van der Waals surface area contributed by atoms with E-state index in [0.717, 1.165) is 72.8 Å². The highest BCUT2D eigenvalue weighted by Crippen LogP contribution is 2.65. The minimum absolute atomic E-state index is 0.751. The highest BCUT2D eigenvalue weighted by Gasteiger charge is 2.53. The molecule has 3 nitrogen and oxygen atoms in total. The molecule has 0 aliphatic heterocycles. The van der Waals surface area contributed by atoms with Gasteiger partial charge >= 0.3 is 0 Å². The molecule has 0 bridgehead atoms. The molecular formula is C79H52N2O. The van der Waals surface area contributed by atoms with Crippen molar-refractivity contribution in [3.05, 3.63) is 338 Å². The van der Waals surface area contributed by atoms with E-state index in [4.69, 9.17) is 4.42 Å². The lowest BCUT2D eigenvalue weighted by Crippen LogP contribution is -2.26. The number of benzene rings is 13. The molecule has 0 amide bonds. The second-order valence-corrected chi connectivity index (χ2v) is 21.5. The Morgan fingerprint density at radius 2 is 0.634 bits per heavy atom. The lowest BCUT2D eigenvalue weighted by molar-refractivity contribution is 0.669. The Morgan fingerprint density at radius 1 is 0.232 bits per heavy atom. The van der Waals surface area contributed by atoms with Crippen LogP contribution in [0.3, 0.4) is 0 Å². The molecule has 16 rings (SSSR count). The van der Waals surface area contributed by atoms with E-state index in [2.05, 4.69) is 325 Å². The zero-order valence-electron chi connectivity index (χ0n) is 44.8. The van der Waals surface area contributed by atoms with Crippen molar-refractivity contribution < 1.29 is 4.42 Å². The molecule has 2 aliphatic rings. The van der Waals surface area contributed by atoms with Crippen LogP contribution in [0, 0.1) is 0 Å². The topological polar surface area (TPSA) is 19.6 Å². The summed E-state index contributed by atoms with van der Waals surface area (Å²) >= 11 is 0. The molecule has 2 aliphatic carbocycles. The van der Waals surface area contributed by atoms with Gasteiger partial charge in [0.05, 0.1) is 5.41 Å². The molecule has 0 atom stereocenters. The normalized spacial score (nSPS) is 12.5. The van der Waals surface area contributed by atoms with Crippen LogP contribution in [0.1, 0.15) is 22.3 Å². The minimum Gasteiger partial charge on any atom is -0.455 e. The molecule has 3 heteroatoms. The molecule has 0 N–H and O–H groups in total. The molecule has 1 spiro atoms. The van der Waals surface area contributed by atoms with E-state index >= 15 is 0 Å². The Morgan fingerprint density at radius 3 is 1.15 bits per heavy atom. The molecular weight excluding hydrogens is 993 g/mol. The summed E-state index contributed by atoms with van der Waals surface area (Å²) in [6.45, 7) is 0. The van der Waals surface area contributed by atoms with Crippen LogP contribution in [0.25, 0.3) is 88.7 Å². The van der Waals surface area contributed by atoms with Crippen LogP contribution in [-0.4, -0.2) is 0 Å². The third-order valence-corrected chi connectivity index (χ3v) is 17.1. The number of hydrogen-bond acceptors (Lipinski definition) is 3. The number of nitrogens with zero attached hydrogens (tertiary/aromatic N) is 2. The largest absolute Gasteiger partial charge is 0.455 e. The number of fused-ring (bicyclic) bond motifs is 14. The maximum absolute atomic E-state index is 7.05. The first-order chi connectivity index (χ1) is 40.7. The summed E-state index contributed by atoms with van der Waals surface area (Å²) in [4.78, 5) is 4.88. The van der Waals surface area contributed by atoms with Gasteiger partial charge in [-0.05, 0) is 162 Å². The van der Waals surface area contributed by atoms with Gasteiger partial charge in [0.15, 0.2) is 0 Å². The molecule has 0 fully saturated rings. The van der Waals surface area contributed by atoms with Gasteiger partial charge < -0.3 is 14.2 Å². The molecule has 1 aromatic heterocycles. The summed E-state index contributed by atoms with van der Waals surface area (Å²) in [6.07, 6.45) is 0. The Balaban J connectivity index is 0.943. The van der Waals surface area contributed by atoms with Gasteiger partial charge in [-0.25, -0.2) is 0 Å². The van der Waals surface area contributed by atoms with Crippen LogP contribution < -0.4 is 9.80 Å². The van der Waals surface area contributed by atoms with E-state index in [9.17, 15) is 0 Å². The molecule has 384 valence electrons. The fourth-order valence-corrected chi connectivity index (χ4v) is 13.4. The van der Waals surface area contributed by atoms with E-state index in [1.165, 1.54) is 72.3 Å². The molecule has 0 saturated heterocycles. The smallest absolute Gasteiger partial charge is 0.143 e. The van der Waals surface area contributed by atoms with Crippen molar-refractivity contribution in [1.82, 2.24) is 0 Å². The van der Waals surface area contributed by atoms with Gasteiger partial charge in [-0.2, -0.15) is 0 Å². The molecule has 14 aromatic rings. The maximum atomic E-state index is 7.05. The second-order valence-electron chi connectivity index (χ2n) is 21.5. The molecule has 82 heavy (non-hydrogen) atoms. The van der Waals surface area contributed by atoms with Gasteiger partial charge in [-0.1, -0.05) is 237 Å². The first-order valence-electron chi connectivity index (χ1n) is 28.2. The third kappa shape index (κ3) is 7.59. The molecule has 1 heterocycles. The van der Waals surface area contributed by atoms with Crippen LogP contribution in [0.15, 0.2) is 320 Å². The van der Waals surface area contributed by atoms with Crippen LogP contribution in [-0.2, 0) is 5.41 Å². The van der Waals surface area contributed by atoms with Crippen molar-refractivity contribution in [1.29, 1.82) is 0 Å². The highest BCUT2D eigenvalue weighted by molar-refractivity contribution is 6.13. The zero-order valence-corrected chi connectivity index (χ0v) is 44.8. The summed E-state index contributed by atoms with van der Waals surface area (Å²) < 4.78 is 7.05. The summed E-state index contributed by atoms with van der Waals surface area (Å²) in [6, 6.07) is 115. The van der Waals surface area contributed by atoms with Crippen molar-refractivity contribution in [2.45, 2.75) is 5.41 Å². The lowest BCUT2D eigenvalue weighted by Gasteiger charge is -2.33. The summed E-state index contributed by atoms with van der Waals surface area (Å²) in [7, 11) is 0. The molecule has 0 saturated carbocycles. The highest BCUT2D eigenvalue weighted by atomic mass is 16.3. The van der Waals surface area contributed by atoms with Crippen molar-refractivity contribution in [2.24, 2.45) is 0 Å². The van der Waals surface area contributed by atoms with Crippen LogP contribution in [0.2, 0.25) is 0 Å². The molecule has 0 unspecified atom stereocenters.